The van der Waals surface area contributed by atoms with Crippen LogP contribution in [0.15, 0.2) is 48.5 Å². The van der Waals surface area contributed by atoms with Crippen LogP contribution in [-0.4, -0.2) is 45.8 Å². The molecule has 1 atom stereocenters. The fourth-order valence-electron chi connectivity index (χ4n) is 2.83. The highest BCUT2D eigenvalue weighted by molar-refractivity contribution is 7.90. The van der Waals surface area contributed by atoms with Crippen molar-refractivity contribution in [2.24, 2.45) is 0 Å². The van der Waals surface area contributed by atoms with Gasteiger partial charge in [0.25, 0.3) is 0 Å². The molecule has 0 aliphatic carbocycles. The molecule has 2 aromatic carbocycles. The molecule has 0 aliphatic rings. The Bertz CT molecular complexity index is 912. The number of nitrogens with one attached hydrogen (secondary N) is 1. The van der Waals surface area contributed by atoms with Gasteiger partial charge >= 0.3 is 10.2 Å². The van der Waals surface area contributed by atoms with E-state index in [1.54, 1.807) is 6.07 Å². The van der Waals surface area contributed by atoms with Crippen LogP contribution < -0.4 is 9.62 Å². The molecule has 0 radical (unpaired) electrons. The predicted octanol–water partition coefficient (Wildman–Crippen LogP) is 2.84. The summed E-state index contributed by atoms with van der Waals surface area (Å²) in [5, 5.41) is 2.86. The molecule has 0 saturated heterocycles. The molecule has 0 heterocycles. The molecular weight excluding hydrogens is 374 g/mol. The summed E-state index contributed by atoms with van der Waals surface area (Å²) < 4.78 is 28.0. The Morgan fingerprint density at radius 2 is 1.71 bits per heavy atom. The van der Waals surface area contributed by atoms with Crippen molar-refractivity contribution in [1.29, 1.82) is 0 Å². The number of carbonyl (C=O) groups excluding carboxylic acids is 1. The minimum atomic E-state index is -3.81. The van der Waals surface area contributed by atoms with E-state index in [1.807, 2.05) is 63.2 Å². The Hall–Kier alpha value is -2.38. The van der Waals surface area contributed by atoms with Crippen LogP contribution in [0.2, 0.25) is 0 Å². The maximum absolute atomic E-state index is 12.9. The highest BCUT2D eigenvalue weighted by Gasteiger charge is 2.28. The molecule has 0 spiro atoms. The van der Waals surface area contributed by atoms with Crippen LogP contribution in [-0.2, 0) is 15.0 Å². The van der Waals surface area contributed by atoms with Crippen molar-refractivity contribution in [2.75, 3.05) is 31.5 Å². The smallest absolute Gasteiger partial charge is 0.304 e. The lowest BCUT2D eigenvalue weighted by Crippen LogP contribution is -2.46. The van der Waals surface area contributed by atoms with Gasteiger partial charge in [-0.15, -0.1) is 0 Å². The first-order valence-electron chi connectivity index (χ1n) is 9.22. The zero-order valence-electron chi connectivity index (χ0n) is 17.1. The molecule has 0 saturated carbocycles. The molecule has 7 heteroatoms. The third kappa shape index (κ3) is 5.33. The topological polar surface area (TPSA) is 69.7 Å². The van der Waals surface area contributed by atoms with Crippen molar-refractivity contribution in [2.45, 2.75) is 26.7 Å². The summed E-state index contributed by atoms with van der Waals surface area (Å²) in [7, 11) is -0.889. The molecule has 28 heavy (non-hydrogen) atoms. The van der Waals surface area contributed by atoms with Gasteiger partial charge in [0.1, 0.15) is 6.54 Å². The summed E-state index contributed by atoms with van der Waals surface area (Å²) in [4.78, 5) is 12.6. The molecule has 152 valence electrons. The minimum absolute atomic E-state index is 0.129. The highest BCUT2D eigenvalue weighted by Crippen LogP contribution is 2.25. The molecule has 0 bridgehead atoms. The van der Waals surface area contributed by atoms with Crippen LogP contribution in [0.4, 0.5) is 5.69 Å². The standard InChI is InChI=1S/C21H29N3O3S/c1-16-11-12-17(2)20(13-16)24(28(26,27)23(4)5)15-21(25)22-14-18(3)19-9-7-6-8-10-19/h6-13,18H,14-15H2,1-5H3,(H,22,25)/t18-/m0/s1. The van der Waals surface area contributed by atoms with E-state index in [-0.39, 0.29) is 18.4 Å². The first-order chi connectivity index (χ1) is 13.1. The van der Waals surface area contributed by atoms with Gasteiger partial charge < -0.3 is 5.32 Å². The van der Waals surface area contributed by atoms with Crippen LogP contribution in [0.5, 0.6) is 0 Å². The van der Waals surface area contributed by atoms with E-state index in [0.717, 1.165) is 25.3 Å². The highest BCUT2D eigenvalue weighted by atomic mass is 32.2. The molecule has 2 aromatic rings. The number of carbonyl (C=O) groups is 1. The third-order valence-electron chi connectivity index (χ3n) is 4.63. The summed E-state index contributed by atoms with van der Waals surface area (Å²) in [6, 6.07) is 15.4. The third-order valence-corrected chi connectivity index (χ3v) is 6.44. The van der Waals surface area contributed by atoms with Gasteiger partial charge in [-0.1, -0.05) is 49.4 Å². The van der Waals surface area contributed by atoms with E-state index >= 15 is 0 Å². The first kappa shape index (κ1) is 21.9. The quantitative estimate of drug-likeness (QED) is 0.737. The van der Waals surface area contributed by atoms with Gasteiger partial charge in [-0.05, 0) is 42.5 Å². The van der Waals surface area contributed by atoms with Crippen molar-refractivity contribution in [3.63, 3.8) is 0 Å². The van der Waals surface area contributed by atoms with Crippen molar-refractivity contribution in [3.05, 3.63) is 65.2 Å². The van der Waals surface area contributed by atoms with Gasteiger partial charge in [-0.3, -0.25) is 4.79 Å². The number of anilines is 1. The van der Waals surface area contributed by atoms with Gasteiger partial charge in [0.2, 0.25) is 5.91 Å². The number of aryl methyl sites for hydroxylation is 2. The van der Waals surface area contributed by atoms with Gasteiger partial charge in [0, 0.05) is 20.6 Å². The predicted molar refractivity (Wildman–Crippen MR) is 114 cm³/mol. The van der Waals surface area contributed by atoms with E-state index in [1.165, 1.54) is 14.1 Å². The lowest BCUT2D eigenvalue weighted by molar-refractivity contribution is -0.119. The molecular formula is C21H29N3O3S. The Kier molecular flexibility index (Phi) is 7.21. The number of benzene rings is 2. The maximum Gasteiger partial charge on any atom is 0.304 e. The molecule has 0 aromatic heterocycles. The second kappa shape index (κ2) is 9.21. The van der Waals surface area contributed by atoms with Gasteiger partial charge in [-0.2, -0.15) is 12.7 Å². The van der Waals surface area contributed by atoms with Gasteiger partial charge in [0.15, 0.2) is 0 Å². The van der Waals surface area contributed by atoms with Gasteiger partial charge in [0.05, 0.1) is 5.69 Å². The largest absolute Gasteiger partial charge is 0.354 e. The summed E-state index contributed by atoms with van der Waals surface area (Å²) in [5.74, 6) is -0.209. The molecule has 0 unspecified atom stereocenters. The molecule has 2 rings (SSSR count). The van der Waals surface area contributed by atoms with E-state index in [4.69, 9.17) is 0 Å². The van der Waals surface area contributed by atoms with Crippen molar-refractivity contribution in [3.8, 4) is 0 Å². The average Bonchev–Trinajstić information content (AvgIpc) is 2.66. The van der Waals surface area contributed by atoms with Crippen LogP contribution in [0.1, 0.15) is 29.5 Å². The Balaban J connectivity index is 2.18. The van der Waals surface area contributed by atoms with Crippen LogP contribution >= 0.6 is 0 Å². The molecule has 1 amide bonds. The zero-order valence-corrected chi connectivity index (χ0v) is 18.0. The lowest BCUT2D eigenvalue weighted by Gasteiger charge is -2.28. The minimum Gasteiger partial charge on any atom is -0.354 e. The lowest BCUT2D eigenvalue weighted by atomic mass is 10.0. The summed E-state index contributed by atoms with van der Waals surface area (Å²) >= 11 is 0. The number of rotatable bonds is 8. The van der Waals surface area contributed by atoms with E-state index < -0.39 is 10.2 Å². The summed E-state index contributed by atoms with van der Waals surface area (Å²) in [6.45, 7) is 5.92. The molecule has 0 aliphatic heterocycles. The number of nitrogens with zero attached hydrogens (tertiary/aromatic N) is 2. The van der Waals surface area contributed by atoms with Crippen LogP contribution in [0.25, 0.3) is 0 Å². The molecule has 0 fully saturated rings. The van der Waals surface area contributed by atoms with E-state index in [2.05, 4.69) is 5.32 Å². The Morgan fingerprint density at radius 1 is 1.07 bits per heavy atom. The normalized spacial score (nSPS) is 12.6. The number of amides is 1. The summed E-state index contributed by atoms with van der Waals surface area (Å²) in [5.41, 5.74) is 3.36. The van der Waals surface area contributed by atoms with Crippen molar-refractivity contribution < 1.29 is 13.2 Å². The van der Waals surface area contributed by atoms with Gasteiger partial charge in [-0.25, -0.2) is 4.31 Å². The Morgan fingerprint density at radius 3 is 2.32 bits per heavy atom. The number of hydrogen-bond donors (Lipinski definition) is 1. The summed E-state index contributed by atoms with van der Waals surface area (Å²) in [6.07, 6.45) is 0. The monoisotopic (exact) mass is 403 g/mol. The first-order valence-corrected chi connectivity index (χ1v) is 10.6. The van der Waals surface area contributed by atoms with Crippen LogP contribution in [0.3, 0.4) is 0 Å². The second-order valence-corrected chi connectivity index (χ2v) is 9.27. The number of hydrogen-bond acceptors (Lipinski definition) is 3. The fourth-order valence-corrected chi connectivity index (χ4v) is 3.95. The van der Waals surface area contributed by atoms with E-state index in [0.29, 0.717) is 12.2 Å². The fraction of sp³-hybridized carbons (Fsp3) is 0.381. The molecule has 1 N–H and O–H groups in total. The van der Waals surface area contributed by atoms with Crippen LogP contribution in [0, 0.1) is 13.8 Å². The van der Waals surface area contributed by atoms with Crippen molar-refractivity contribution in [1.82, 2.24) is 9.62 Å². The SMILES string of the molecule is Cc1ccc(C)c(N(CC(=O)NC[C@H](C)c2ccccc2)S(=O)(=O)N(C)C)c1. The Labute approximate surface area is 168 Å². The zero-order chi connectivity index (χ0) is 20.9. The molecule has 6 nitrogen and oxygen atoms in total. The maximum atomic E-state index is 12.9. The van der Waals surface area contributed by atoms with E-state index in [9.17, 15) is 13.2 Å². The average molecular weight is 404 g/mol. The second-order valence-electron chi connectivity index (χ2n) is 7.20. The van der Waals surface area contributed by atoms with Crippen molar-refractivity contribution >= 4 is 21.8 Å².